The molecule has 0 saturated carbocycles. The maximum absolute atomic E-state index is 11.1. The van der Waals surface area contributed by atoms with Gasteiger partial charge in [-0.2, -0.15) is 0 Å². The lowest BCUT2D eigenvalue weighted by molar-refractivity contribution is -0.131. The zero-order valence-electron chi connectivity index (χ0n) is 9.70. The molecule has 0 aliphatic rings. The second-order valence-electron chi connectivity index (χ2n) is 3.55. The van der Waals surface area contributed by atoms with E-state index in [0.29, 0.717) is 10.9 Å². The highest BCUT2D eigenvalue weighted by atomic mass is 32.2. The minimum absolute atomic E-state index is 0.172. The fourth-order valence-corrected chi connectivity index (χ4v) is 3.05. The third kappa shape index (κ3) is 4.38. The van der Waals surface area contributed by atoms with Crippen molar-refractivity contribution in [2.24, 2.45) is 0 Å². The van der Waals surface area contributed by atoms with Crippen molar-refractivity contribution in [3.05, 3.63) is 50.6 Å². The summed E-state index contributed by atoms with van der Waals surface area (Å²) in [5, 5.41) is 11.0. The van der Waals surface area contributed by atoms with E-state index in [9.17, 15) is 9.59 Å². The average molecular weight is 294 g/mol. The summed E-state index contributed by atoms with van der Waals surface area (Å²) in [5.41, 5.74) is 0.686. The van der Waals surface area contributed by atoms with Gasteiger partial charge in [-0.05, 0) is 23.1 Å². The molecule has 98 valence electrons. The highest BCUT2D eigenvalue weighted by molar-refractivity contribution is 7.98. The lowest BCUT2D eigenvalue weighted by atomic mass is 10.3. The summed E-state index contributed by atoms with van der Waals surface area (Å²) in [6.45, 7) is 0. The van der Waals surface area contributed by atoms with E-state index in [1.807, 2.05) is 11.4 Å². The fourth-order valence-electron chi connectivity index (χ4n) is 1.29. The number of aromatic nitrogens is 2. The zero-order chi connectivity index (χ0) is 13.7. The molecule has 2 aromatic rings. The van der Waals surface area contributed by atoms with Crippen LogP contribution < -0.4 is 5.56 Å². The van der Waals surface area contributed by atoms with Crippen LogP contribution in [0, 0.1) is 0 Å². The van der Waals surface area contributed by atoms with Gasteiger partial charge in [-0.1, -0.05) is 11.8 Å². The van der Waals surface area contributed by atoms with Crippen LogP contribution in [0.2, 0.25) is 0 Å². The molecule has 0 fully saturated rings. The molecule has 5 nitrogen and oxygen atoms in total. The minimum atomic E-state index is -0.965. The van der Waals surface area contributed by atoms with Crippen LogP contribution in [0.25, 0.3) is 6.08 Å². The van der Waals surface area contributed by atoms with Crippen molar-refractivity contribution in [2.75, 3.05) is 0 Å². The first-order valence-electron chi connectivity index (χ1n) is 5.30. The number of thioether (sulfide) groups is 1. The molecule has 0 amide bonds. The normalized spacial score (nSPS) is 10.9. The van der Waals surface area contributed by atoms with Gasteiger partial charge >= 0.3 is 5.97 Å². The van der Waals surface area contributed by atoms with Gasteiger partial charge in [0.1, 0.15) is 0 Å². The third-order valence-electron chi connectivity index (χ3n) is 2.09. The van der Waals surface area contributed by atoms with Crippen molar-refractivity contribution in [3.63, 3.8) is 0 Å². The van der Waals surface area contributed by atoms with Crippen LogP contribution >= 0.6 is 23.1 Å². The van der Waals surface area contributed by atoms with E-state index in [-0.39, 0.29) is 5.56 Å². The van der Waals surface area contributed by atoms with Gasteiger partial charge in [0.25, 0.3) is 5.56 Å². The molecule has 0 spiro atoms. The monoisotopic (exact) mass is 294 g/mol. The fraction of sp³-hybridized carbons (Fsp3) is 0.0833. The van der Waals surface area contributed by atoms with E-state index in [1.54, 1.807) is 6.08 Å². The third-order valence-corrected chi connectivity index (χ3v) is 4.17. The topological polar surface area (TPSA) is 83.0 Å². The van der Waals surface area contributed by atoms with E-state index in [4.69, 9.17) is 5.11 Å². The highest BCUT2D eigenvalue weighted by Crippen LogP contribution is 2.24. The first-order chi connectivity index (χ1) is 9.13. The Kier molecular flexibility index (Phi) is 4.53. The molecule has 0 aliphatic heterocycles. The van der Waals surface area contributed by atoms with Crippen LogP contribution in [0.5, 0.6) is 0 Å². The number of aromatic amines is 1. The number of nitrogens with one attached hydrogen (secondary N) is 1. The molecule has 0 unspecified atom stereocenters. The quantitative estimate of drug-likeness (QED) is 0.502. The number of carboxylic acid groups (broad SMARTS) is 1. The number of thiophene rings is 1. The number of hydrogen-bond acceptors (Lipinski definition) is 5. The van der Waals surface area contributed by atoms with Gasteiger partial charge in [0.05, 0.1) is 0 Å². The Bertz CT molecular complexity index is 661. The predicted molar refractivity (Wildman–Crippen MR) is 75.4 cm³/mol. The van der Waals surface area contributed by atoms with Gasteiger partial charge in [-0.15, -0.1) is 11.3 Å². The number of aliphatic carboxylic acids is 1. The molecule has 7 heteroatoms. The molecular weight excluding hydrogens is 284 g/mol. The largest absolute Gasteiger partial charge is 0.478 e. The van der Waals surface area contributed by atoms with Crippen LogP contribution in [0.4, 0.5) is 0 Å². The summed E-state index contributed by atoms with van der Waals surface area (Å²) in [4.78, 5) is 29.2. The Hall–Kier alpha value is -1.86. The van der Waals surface area contributed by atoms with Crippen molar-refractivity contribution in [2.45, 2.75) is 10.9 Å². The maximum Gasteiger partial charge on any atom is 0.328 e. The Balaban J connectivity index is 1.97. The molecule has 19 heavy (non-hydrogen) atoms. The van der Waals surface area contributed by atoms with Crippen LogP contribution in [0.15, 0.2) is 39.7 Å². The molecular formula is C12H10N2O3S2. The van der Waals surface area contributed by atoms with E-state index < -0.39 is 5.97 Å². The Morgan fingerprint density at radius 2 is 2.42 bits per heavy atom. The van der Waals surface area contributed by atoms with Crippen molar-refractivity contribution < 1.29 is 9.90 Å². The number of hydrogen-bond donors (Lipinski definition) is 2. The highest BCUT2D eigenvalue weighted by Gasteiger charge is 2.01. The van der Waals surface area contributed by atoms with Gasteiger partial charge in [0.15, 0.2) is 5.16 Å². The van der Waals surface area contributed by atoms with E-state index in [0.717, 1.165) is 16.5 Å². The molecule has 2 N–H and O–H groups in total. The molecule has 0 radical (unpaired) electrons. The van der Waals surface area contributed by atoms with Gasteiger partial charge < -0.3 is 10.1 Å². The average Bonchev–Trinajstić information content (AvgIpc) is 2.82. The predicted octanol–water partition coefficient (Wildman–Crippen LogP) is 2.22. The van der Waals surface area contributed by atoms with Crippen LogP contribution in [-0.2, 0) is 10.5 Å². The van der Waals surface area contributed by atoms with Gasteiger partial charge in [0.2, 0.25) is 0 Å². The van der Waals surface area contributed by atoms with E-state index in [1.165, 1.54) is 35.4 Å². The lowest BCUT2D eigenvalue weighted by Crippen LogP contribution is -2.05. The first-order valence-corrected chi connectivity index (χ1v) is 7.16. The van der Waals surface area contributed by atoms with Crippen molar-refractivity contribution in [1.82, 2.24) is 9.97 Å². The SMILES string of the molecule is O=C(O)C=Cc1csc(CSc2nccc(=O)[nH]2)c1. The summed E-state index contributed by atoms with van der Waals surface area (Å²) in [6, 6.07) is 3.28. The summed E-state index contributed by atoms with van der Waals surface area (Å²) in [6.07, 6.45) is 4.13. The Labute approximate surface area is 117 Å². The van der Waals surface area contributed by atoms with E-state index in [2.05, 4.69) is 9.97 Å². The number of H-pyrrole nitrogens is 1. The molecule has 0 aliphatic carbocycles. The molecule has 0 aromatic carbocycles. The molecule has 0 atom stereocenters. The van der Waals surface area contributed by atoms with Crippen LogP contribution in [0.1, 0.15) is 10.4 Å². The number of carbonyl (C=O) groups is 1. The number of nitrogens with zero attached hydrogens (tertiary/aromatic N) is 1. The summed E-state index contributed by atoms with van der Waals surface area (Å²) >= 11 is 2.97. The maximum atomic E-state index is 11.1. The molecule has 2 heterocycles. The lowest BCUT2D eigenvalue weighted by Gasteiger charge is -1.97. The minimum Gasteiger partial charge on any atom is -0.478 e. The standard InChI is InChI=1S/C12H10N2O3S2/c15-10-3-4-13-12(14-10)19-7-9-5-8(6-18-9)1-2-11(16)17/h1-6H,7H2,(H,16,17)(H,13,14,15). The molecule has 2 rings (SSSR count). The molecule has 0 bridgehead atoms. The van der Waals surface area contributed by atoms with Crippen LogP contribution in [-0.4, -0.2) is 21.0 Å². The smallest absolute Gasteiger partial charge is 0.328 e. The van der Waals surface area contributed by atoms with E-state index >= 15 is 0 Å². The van der Waals surface area contributed by atoms with Gasteiger partial charge in [-0.25, -0.2) is 9.78 Å². The first kappa shape index (κ1) is 13.6. The summed E-state index contributed by atoms with van der Waals surface area (Å²) < 4.78 is 0. The number of carboxylic acids is 1. The Morgan fingerprint density at radius 3 is 3.16 bits per heavy atom. The van der Waals surface area contributed by atoms with Gasteiger partial charge in [0, 0.05) is 29.0 Å². The molecule has 2 aromatic heterocycles. The summed E-state index contributed by atoms with van der Waals surface area (Å²) in [7, 11) is 0. The van der Waals surface area contributed by atoms with Crippen LogP contribution in [0.3, 0.4) is 0 Å². The zero-order valence-corrected chi connectivity index (χ0v) is 11.3. The Morgan fingerprint density at radius 1 is 1.58 bits per heavy atom. The summed E-state index contributed by atoms with van der Waals surface area (Å²) in [5.74, 6) is -0.286. The van der Waals surface area contributed by atoms with Crippen molar-refractivity contribution in [1.29, 1.82) is 0 Å². The molecule has 0 saturated heterocycles. The number of rotatable bonds is 5. The van der Waals surface area contributed by atoms with Gasteiger partial charge in [-0.3, -0.25) is 4.79 Å². The van der Waals surface area contributed by atoms with Crippen molar-refractivity contribution >= 4 is 35.1 Å². The second-order valence-corrected chi connectivity index (χ2v) is 5.51. The van der Waals surface area contributed by atoms with Crippen molar-refractivity contribution in [3.8, 4) is 0 Å². The second kappa shape index (κ2) is 6.35.